The third-order valence-electron chi connectivity index (χ3n) is 2.18. The van der Waals surface area contributed by atoms with E-state index in [2.05, 4.69) is 10.2 Å². The van der Waals surface area contributed by atoms with Crippen molar-refractivity contribution >= 4 is 16.9 Å². The molecule has 0 radical (unpaired) electrons. The van der Waals surface area contributed by atoms with E-state index in [-0.39, 0.29) is 0 Å². The fourth-order valence-corrected chi connectivity index (χ4v) is 1.41. The minimum absolute atomic E-state index is 0.480. The van der Waals surface area contributed by atoms with Crippen molar-refractivity contribution in [2.75, 3.05) is 0 Å². The van der Waals surface area contributed by atoms with Gasteiger partial charge >= 0.3 is 5.97 Å². The summed E-state index contributed by atoms with van der Waals surface area (Å²) in [5.74, 6) is -1.08. The summed E-state index contributed by atoms with van der Waals surface area (Å²) in [7, 11) is 0. The van der Waals surface area contributed by atoms with Gasteiger partial charge in [0.2, 0.25) is 0 Å². The second-order valence-corrected chi connectivity index (χ2v) is 3.13. The lowest BCUT2D eigenvalue weighted by Gasteiger charge is -2.08. The number of nitrogens with two attached hydrogens (primary N) is 1. The number of fused-ring (bicyclic) bond motifs is 1. The third-order valence-corrected chi connectivity index (χ3v) is 2.18. The number of hydrogen-bond acceptors (Lipinski definition) is 4. The molecule has 3 N–H and O–H groups in total. The number of aliphatic carboxylic acids is 1. The van der Waals surface area contributed by atoms with Crippen LogP contribution in [-0.4, -0.2) is 21.3 Å². The molecule has 1 atom stereocenters. The van der Waals surface area contributed by atoms with Crippen LogP contribution in [0.5, 0.6) is 0 Å². The Bertz CT molecular complexity index is 507. The van der Waals surface area contributed by atoms with Crippen LogP contribution in [0.4, 0.5) is 0 Å². The molecule has 1 heterocycles. The normalized spacial score (nSPS) is 12.6. The zero-order chi connectivity index (χ0) is 10.8. The van der Waals surface area contributed by atoms with E-state index >= 15 is 0 Å². The lowest BCUT2D eigenvalue weighted by molar-refractivity contribution is -0.138. The maximum atomic E-state index is 10.8. The van der Waals surface area contributed by atoms with Gasteiger partial charge in [0.05, 0.1) is 11.7 Å². The average molecular weight is 203 g/mol. The number of hydrogen-bond donors (Lipinski definition) is 2. The van der Waals surface area contributed by atoms with E-state index in [0.29, 0.717) is 11.1 Å². The van der Waals surface area contributed by atoms with Crippen LogP contribution in [0.2, 0.25) is 0 Å². The first-order valence-electron chi connectivity index (χ1n) is 4.39. The molecule has 1 aromatic heterocycles. The molecule has 5 heteroatoms. The summed E-state index contributed by atoms with van der Waals surface area (Å²) >= 11 is 0. The van der Waals surface area contributed by atoms with Gasteiger partial charge in [0.1, 0.15) is 6.04 Å². The molecule has 0 saturated heterocycles. The number of benzene rings is 1. The number of rotatable bonds is 2. The van der Waals surface area contributed by atoms with Crippen molar-refractivity contribution in [1.29, 1.82) is 0 Å². The summed E-state index contributed by atoms with van der Waals surface area (Å²) in [4.78, 5) is 10.8. The third kappa shape index (κ3) is 1.64. The van der Waals surface area contributed by atoms with Crippen molar-refractivity contribution in [3.63, 3.8) is 0 Å². The van der Waals surface area contributed by atoms with Gasteiger partial charge in [0.15, 0.2) is 0 Å². The molecule has 0 spiro atoms. The van der Waals surface area contributed by atoms with Crippen LogP contribution >= 0.6 is 0 Å². The zero-order valence-corrected chi connectivity index (χ0v) is 7.79. The zero-order valence-electron chi connectivity index (χ0n) is 7.79. The Kier molecular flexibility index (Phi) is 2.31. The molecule has 1 unspecified atom stereocenters. The van der Waals surface area contributed by atoms with Crippen LogP contribution in [0.25, 0.3) is 10.9 Å². The molecule has 0 amide bonds. The Morgan fingerprint density at radius 3 is 2.87 bits per heavy atom. The maximum absolute atomic E-state index is 10.8. The Balaban J connectivity index is 2.65. The van der Waals surface area contributed by atoms with Gasteiger partial charge in [-0.1, -0.05) is 18.2 Å². The number of carboxylic acids is 1. The Hall–Kier alpha value is -2.01. The molecule has 0 saturated carbocycles. The first-order chi connectivity index (χ1) is 7.20. The van der Waals surface area contributed by atoms with Crippen molar-refractivity contribution < 1.29 is 9.90 Å². The summed E-state index contributed by atoms with van der Waals surface area (Å²) in [5.41, 5.74) is 6.66. The highest BCUT2D eigenvalue weighted by Crippen LogP contribution is 2.20. The molecule has 5 nitrogen and oxygen atoms in total. The summed E-state index contributed by atoms with van der Waals surface area (Å²) in [6.07, 6.45) is 1.39. The summed E-state index contributed by atoms with van der Waals surface area (Å²) in [5, 5.41) is 17.2. The van der Waals surface area contributed by atoms with Gasteiger partial charge in [0.25, 0.3) is 0 Å². The first-order valence-corrected chi connectivity index (χ1v) is 4.39. The van der Waals surface area contributed by atoms with Crippen LogP contribution in [0, 0.1) is 0 Å². The van der Waals surface area contributed by atoms with E-state index in [9.17, 15) is 4.79 Å². The predicted molar refractivity (Wildman–Crippen MR) is 54.1 cm³/mol. The molecule has 76 valence electrons. The van der Waals surface area contributed by atoms with Crippen molar-refractivity contribution in [1.82, 2.24) is 10.2 Å². The highest BCUT2D eigenvalue weighted by molar-refractivity contribution is 5.87. The van der Waals surface area contributed by atoms with Gasteiger partial charge < -0.3 is 10.8 Å². The molecule has 0 bridgehead atoms. The molecule has 15 heavy (non-hydrogen) atoms. The molecule has 0 aliphatic heterocycles. The monoisotopic (exact) mass is 203 g/mol. The van der Waals surface area contributed by atoms with Gasteiger partial charge in [-0.3, -0.25) is 4.79 Å². The topological polar surface area (TPSA) is 89.1 Å². The molecule has 2 rings (SSSR count). The van der Waals surface area contributed by atoms with E-state index in [1.807, 2.05) is 12.1 Å². The Morgan fingerprint density at radius 2 is 2.13 bits per heavy atom. The molecule has 0 fully saturated rings. The summed E-state index contributed by atoms with van der Waals surface area (Å²) < 4.78 is 0. The van der Waals surface area contributed by atoms with E-state index < -0.39 is 12.0 Å². The standard InChI is InChI=1S/C10H9N3O2/c11-9(10(14)15)7-5-12-13-8-4-2-1-3-6(7)8/h1-5,9H,11H2,(H,14,15). The van der Waals surface area contributed by atoms with Crippen molar-refractivity contribution in [3.8, 4) is 0 Å². The Morgan fingerprint density at radius 1 is 1.40 bits per heavy atom. The smallest absolute Gasteiger partial charge is 0.325 e. The highest BCUT2D eigenvalue weighted by atomic mass is 16.4. The number of aromatic nitrogens is 2. The molecular weight excluding hydrogens is 194 g/mol. The number of carbonyl (C=O) groups is 1. The fourth-order valence-electron chi connectivity index (χ4n) is 1.41. The van der Waals surface area contributed by atoms with Crippen molar-refractivity contribution in [2.45, 2.75) is 6.04 Å². The van der Waals surface area contributed by atoms with Crippen LogP contribution in [0.3, 0.4) is 0 Å². The second-order valence-electron chi connectivity index (χ2n) is 3.13. The molecule has 0 aliphatic rings. The number of nitrogens with zero attached hydrogens (tertiary/aromatic N) is 2. The lowest BCUT2D eigenvalue weighted by atomic mass is 10.0. The fraction of sp³-hybridized carbons (Fsp3) is 0.100. The van der Waals surface area contributed by atoms with Crippen molar-refractivity contribution in [3.05, 3.63) is 36.0 Å². The van der Waals surface area contributed by atoms with E-state index in [4.69, 9.17) is 10.8 Å². The van der Waals surface area contributed by atoms with Gasteiger partial charge in [-0.25, -0.2) is 0 Å². The summed E-state index contributed by atoms with van der Waals surface area (Å²) in [6.45, 7) is 0. The summed E-state index contributed by atoms with van der Waals surface area (Å²) in [6, 6.07) is 6.10. The van der Waals surface area contributed by atoms with E-state index in [1.165, 1.54) is 6.20 Å². The highest BCUT2D eigenvalue weighted by Gasteiger charge is 2.17. The van der Waals surface area contributed by atoms with Gasteiger partial charge in [-0.05, 0) is 6.07 Å². The van der Waals surface area contributed by atoms with E-state index in [1.54, 1.807) is 12.1 Å². The predicted octanol–water partition coefficient (Wildman–Crippen LogP) is 0.714. The van der Waals surface area contributed by atoms with Gasteiger partial charge in [0, 0.05) is 10.9 Å². The van der Waals surface area contributed by atoms with Crippen molar-refractivity contribution in [2.24, 2.45) is 5.73 Å². The number of carboxylic acid groups (broad SMARTS) is 1. The lowest BCUT2D eigenvalue weighted by Crippen LogP contribution is -2.21. The molecule has 2 aromatic rings. The molecule has 1 aromatic carbocycles. The quantitative estimate of drug-likeness (QED) is 0.750. The van der Waals surface area contributed by atoms with Crippen LogP contribution in [0.15, 0.2) is 30.5 Å². The van der Waals surface area contributed by atoms with Gasteiger partial charge in [-0.2, -0.15) is 10.2 Å². The van der Waals surface area contributed by atoms with Crippen LogP contribution in [0.1, 0.15) is 11.6 Å². The minimum Gasteiger partial charge on any atom is -0.480 e. The van der Waals surface area contributed by atoms with Crippen LogP contribution in [-0.2, 0) is 4.79 Å². The largest absolute Gasteiger partial charge is 0.480 e. The van der Waals surface area contributed by atoms with Gasteiger partial charge in [-0.15, -0.1) is 0 Å². The molecular formula is C10H9N3O2. The first kappa shape index (κ1) is 9.54. The average Bonchev–Trinajstić information content (AvgIpc) is 2.27. The maximum Gasteiger partial charge on any atom is 0.325 e. The second kappa shape index (κ2) is 3.62. The van der Waals surface area contributed by atoms with Crippen LogP contribution < -0.4 is 5.73 Å². The minimum atomic E-state index is -1.08. The molecule has 0 aliphatic carbocycles. The SMILES string of the molecule is NC(C(=O)O)c1cnnc2ccccc12. The Labute approximate surface area is 85.5 Å². The van der Waals surface area contributed by atoms with E-state index in [0.717, 1.165) is 5.39 Å².